The number of hydrogen-bond acceptors (Lipinski definition) is 2. The number of nitrogens with one attached hydrogen (secondary N) is 1. The summed E-state index contributed by atoms with van der Waals surface area (Å²) in [7, 11) is 0. The molecule has 2 aromatic carbocycles. The fourth-order valence-electron chi connectivity index (χ4n) is 2.40. The molecule has 0 radical (unpaired) electrons. The molecule has 0 aliphatic heterocycles. The third-order valence-electron chi connectivity index (χ3n) is 3.36. The number of benzene rings is 2. The smallest absolute Gasteiger partial charge is 0.267 e. The molecule has 3 nitrogen and oxygen atoms in total. The first kappa shape index (κ1) is 11.7. The van der Waals surface area contributed by atoms with Crippen LogP contribution in [0.5, 0.6) is 0 Å². The lowest BCUT2D eigenvalue weighted by atomic mass is 9.97. The Morgan fingerprint density at radius 2 is 1.89 bits per heavy atom. The fourth-order valence-corrected chi connectivity index (χ4v) is 2.40. The van der Waals surface area contributed by atoms with Gasteiger partial charge in [-0.1, -0.05) is 29.8 Å². The Hall–Kier alpha value is -2.42. The molecule has 3 rings (SSSR count). The van der Waals surface area contributed by atoms with Gasteiger partial charge >= 0.3 is 0 Å². The molecule has 0 aliphatic carbocycles. The zero-order valence-corrected chi connectivity index (χ0v) is 10.9. The summed E-state index contributed by atoms with van der Waals surface area (Å²) in [6.07, 6.45) is 1.68. The fraction of sp³-hybridized carbons (Fsp3) is 0.125. The molecular formula is C16H14N2O. The first-order chi connectivity index (χ1) is 9.15. The number of fused-ring (bicyclic) bond motifs is 1. The summed E-state index contributed by atoms with van der Waals surface area (Å²) in [5.74, 6) is 0. The first-order valence-corrected chi connectivity index (χ1v) is 6.20. The molecule has 1 heterocycles. The Kier molecular flexibility index (Phi) is 2.67. The summed E-state index contributed by atoms with van der Waals surface area (Å²) in [6, 6.07) is 12.2. The van der Waals surface area contributed by atoms with Crippen LogP contribution < -0.4 is 5.56 Å². The van der Waals surface area contributed by atoms with E-state index in [9.17, 15) is 4.79 Å². The Labute approximate surface area is 110 Å². The average Bonchev–Trinajstić information content (AvgIpc) is 2.38. The third kappa shape index (κ3) is 2.03. The van der Waals surface area contributed by atoms with E-state index in [1.54, 1.807) is 6.20 Å². The van der Waals surface area contributed by atoms with Crippen molar-refractivity contribution in [3.8, 4) is 11.1 Å². The number of aromatic amines is 1. The Balaban J connectivity index is 2.23. The van der Waals surface area contributed by atoms with Crippen molar-refractivity contribution in [1.82, 2.24) is 10.2 Å². The van der Waals surface area contributed by atoms with Gasteiger partial charge in [-0.25, -0.2) is 5.10 Å². The molecule has 0 fully saturated rings. The maximum absolute atomic E-state index is 11.6. The van der Waals surface area contributed by atoms with Gasteiger partial charge in [0.1, 0.15) is 0 Å². The van der Waals surface area contributed by atoms with Gasteiger partial charge < -0.3 is 0 Å². The van der Waals surface area contributed by atoms with Crippen LogP contribution in [0.25, 0.3) is 21.9 Å². The highest BCUT2D eigenvalue weighted by Crippen LogP contribution is 2.26. The average molecular weight is 250 g/mol. The number of H-pyrrole nitrogens is 1. The number of hydrogen-bond donors (Lipinski definition) is 1. The zero-order valence-electron chi connectivity index (χ0n) is 10.9. The molecule has 3 heteroatoms. The lowest BCUT2D eigenvalue weighted by Gasteiger charge is -2.08. The summed E-state index contributed by atoms with van der Waals surface area (Å²) in [5, 5.41) is 7.83. The van der Waals surface area contributed by atoms with Crippen LogP contribution >= 0.6 is 0 Å². The van der Waals surface area contributed by atoms with Crippen LogP contribution in [0.3, 0.4) is 0 Å². The predicted octanol–water partition coefficient (Wildman–Crippen LogP) is 3.21. The van der Waals surface area contributed by atoms with E-state index in [0.29, 0.717) is 5.39 Å². The molecule has 1 N–H and O–H groups in total. The highest BCUT2D eigenvalue weighted by Gasteiger charge is 2.05. The van der Waals surface area contributed by atoms with Crippen LogP contribution in [0, 0.1) is 13.8 Å². The quantitative estimate of drug-likeness (QED) is 0.720. The highest BCUT2D eigenvalue weighted by molar-refractivity contribution is 5.86. The first-order valence-electron chi connectivity index (χ1n) is 6.20. The van der Waals surface area contributed by atoms with Gasteiger partial charge in [0.15, 0.2) is 0 Å². The van der Waals surface area contributed by atoms with E-state index in [0.717, 1.165) is 10.9 Å². The van der Waals surface area contributed by atoms with E-state index < -0.39 is 0 Å². The molecular weight excluding hydrogens is 236 g/mol. The number of rotatable bonds is 1. The van der Waals surface area contributed by atoms with E-state index in [4.69, 9.17) is 0 Å². The van der Waals surface area contributed by atoms with Gasteiger partial charge in [-0.15, -0.1) is 0 Å². The molecule has 0 saturated heterocycles. The van der Waals surface area contributed by atoms with E-state index in [2.05, 4.69) is 42.2 Å². The molecule has 1 aromatic heterocycles. The van der Waals surface area contributed by atoms with Crippen molar-refractivity contribution >= 4 is 10.8 Å². The van der Waals surface area contributed by atoms with Crippen molar-refractivity contribution < 1.29 is 0 Å². The monoisotopic (exact) mass is 250 g/mol. The van der Waals surface area contributed by atoms with Gasteiger partial charge in [0.25, 0.3) is 5.56 Å². The topological polar surface area (TPSA) is 45.8 Å². The molecule has 0 aliphatic rings. The van der Waals surface area contributed by atoms with E-state index in [-0.39, 0.29) is 5.56 Å². The van der Waals surface area contributed by atoms with Crippen molar-refractivity contribution in [2.45, 2.75) is 13.8 Å². The van der Waals surface area contributed by atoms with Crippen LogP contribution in [0.1, 0.15) is 11.1 Å². The summed E-state index contributed by atoms with van der Waals surface area (Å²) >= 11 is 0. The summed E-state index contributed by atoms with van der Waals surface area (Å²) in [4.78, 5) is 11.6. The molecule has 0 amide bonds. The molecule has 0 bridgehead atoms. The molecule has 19 heavy (non-hydrogen) atoms. The maximum atomic E-state index is 11.6. The normalized spacial score (nSPS) is 10.8. The standard InChI is InChI=1S/C16H14N2O/c1-10-3-5-14(11(2)7-10)12-4-6-15-13(8-12)9-17-18-16(15)19/h3-9H,1-2H3,(H,18,19). The number of nitrogens with zero attached hydrogens (tertiary/aromatic N) is 1. The number of aromatic nitrogens is 2. The van der Waals surface area contributed by atoms with Gasteiger partial charge in [-0.05, 0) is 42.7 Å². The van der Waals surface area contributed by atoms with Gasteiger partial charge in [-0.2, -0.15) is 5.10 Å². The summed E-state index contributed by atoms with van der Waals surface area (Å²) in [5.41, 5.74) is 4.63. The van der Waals surface area contributed by atoms with Crippen molar-refractivity contribution in [2.24, 2.45) is 0 Å². The lowest BCUT2D eigenvalue weighted by Crippen LogP contribution is -2.07. The SMILES string of the molecule is Cc1ccc(-c2ccc3c(=O)[nH]ncc3c2)c(C)c1. The Morgan fingerprint density at radius 3 is 2.68 bits per heavy atom. The van der Waals surface area contributed by atoms with Crippen LogP contribution in [0.4, 0.5) is 0 Å². The minimum Gasteiger partial charge on any atom is -0.267 e. The van der Waals surface area contributed by atoms with Gasteiger partial charge in [0, 0.05) is 5.39 Å². The Bertz CT molecular complexity index is 818. The lowest BCUT2D eigenvalue weighted by molar-refractivity contribution is 1.01. The minimum atomic E-state index is -0.148. The molecule has 0 saturated carbocycles. The van der Waals surface area contributed by atoms with Crippen LogP contribution in [-0.2, 0) is 0 Å². The molecule has 94 valence electrons. The summed E-state index contributed by atoms with van der Waals surface area (Å²) in [6.45, 7) is 4.18. The zero-order chi connectivity index (χ0) is 13.4. The highest BCUT2D eigenvalue weighted by atomic mass is 16.1. The van der Waals surface area contributed by atoms with E-state index in [1.807, 2.05) is 18.2 Å². The van der Waals surface area contributed by atoms with Crippen molar-refractivity contribution in [3.05, 3.63) is 64.1 Å². The number of aryl methyl sites for hydroxylation is 2. The summed E-state index contributed by atoms with van der Waals surface area (Å²) < 4.78 is 0. The third-order valence-corrected chi connectivity index (χ3v) is 3.36. The van der Waals surface area contributed by atoms with E-state index in [1.165, 1.54) is 16.7 Å². The maximum Gasteiger partial charge on any atom is 0.272 e. The van der Waals surface area contributed by atoms with Gasteiger partial charge in [0.05, 0.1) is 11.6 Å². The second-order valence-corrected chi connectivity index (χ2v) is 4.82. The molecule has 3 aromatic rings. The van der Waals surface area contributed by atoms with Gasteiger partial charge in [-0.3, -0.25) is 4.79 Å². The van der Waals surface area contributed by atoms with Crippen LogP contribution in [-0.4, -0.2) is 10.2 Å². The van der Waals surface area contributed by atoms with Crippen molar-refractivity contribution in [3.63, 3.8) is 0 Å². The molecule has 0 spiro atoms. The van der Waals surface area contributed by atoms with Crippen molar-refractivity contribution in [2.75, 3.05) is 0 Å². The van der Waals surface area contributed by atoms with Crippen LogP contribution in [0.2, 0.25) is 0 Å². The van der Waals surface area contributed by atoms with Crippen LogP contribution in [0.15, 0.2) is 47.4 Å². The van der Waals surface area contributed by atoms with Gasteiger partial charge in [0.2, 0.25) is 0 Å². The Morgan fingerprint density at radius 1 is 1.05 bits per heavy atom. The largest absolute Gasteiger partial charge is 0.272 e. The van der Waals surface area contributed by atoms with E-state index >= 15 is 0 Å². The van der Waals surface area contributed by atoms with Crippen molar-refractivity contribution in [1.29, 1.82) is 0 Å². The second-order valence-electron chi connectivity index (χ2n) is 4.82. The minimum absolute atomic E-state index is 0.148. The predicted molar refractivity (Wildman–Crippen MR) is 77.3 cm³/mol. The second kappa shape index (κ2) is 4.35. The molecule has 0 unspecified atom stereocenters. The molecule has 0 atom stereocenters.